The van der Waals surface area contributed by atoms with Crippen molar-refractivity contribution in [1.29, 1.82) is 0 Å². The van der Waals surface area contributed by atoms with E-state index in [1.165, 1.54) is 0 Å². The molecule has 2 aliphatic heterocycles. The van der Waals surface area contributed by atoms with Gasteiger partial charge < -0.3 is 5.73 Å². The lowest BCUT2D eigenvalue weighted by atomic mass is 10.0. The summed E-state index contributed by atoms with van der Waals surface area (Å²) in [7, 11) is -3.30. The monoisotopic (exact) mass is 275 g/mol. The predicted molar refractivity (Wildman–Crippen MR) is 72.2 cm³/mol. The Balaban J connectivity index is 2.15. The van der Waals surface area contributed by atoms with Crippen molar-refractivity contribution in [2.24, 2.45) is 17.6 Å². The summed E-state index contributed by atoms with van der Waals surface area (Å²) in [5, 5.41) is 0. The zero-order valence-electron chi connectivity index (χ0n) is 11.4. The second-order valence-electron chi connectivity index (χ2n) is 5.79. The summed E-state index contributed by atoms with van der Waals surface area (Å²) >= 11 is 0. The molecule has 3 unspecified atom stereocenters. The summed E-state index contributed by atoms with van der Waals surface area (Å²) in [5.74, 6) is 0.830. The highest BCUT2D eigenvalue weighted by molar-refractivity contribution is 7.86. The SMILES string of the molecule is CC1CCCN(S(=O)(=O)N2CCC(C)C2CN)C1. The van der Waals surface area contributed by atoms with Crippen LogP contribution in [0.2, 0.25) is 0 Å². The van der Waals surface area contributed by atoms with E-state index < -0.39 is 10.2 Å². The third kappa shape index (κ3) is 2.57. The van der Waals surface area contributed by atoms with E-state index in [-0.39, 0.29) is 6.04 Å². The van der Waals surface area contributed by atoms with Gasteiger partial charge in [0.2, 0.25) is 0 Å². The minimum Gasteiger partial charge on any atom is -0.329 e. The summed E-state index contributed by atoms with van der Waals surface area (Å²) in [6.45, 7) is 6.57. The second-order valence-corrected chi connectivity index (χ2v) is 7.67. The molecule has 0 radical (unpaired) electrons. The van der Waals surface area contributed by atoms with Gasteiger partial charge in [-0.3, -0.25) is 0 Å². The van der Waals surface area contributed by atoms with Gasteiger partial charge in [-0.05, 0) is 31.1 Å². The molecular weight excluding hydrogens is 250 g/mol. The molecule has 2 rings (SSSR count). The Bertz CT molecular complexity index is 385. The van der Waals surface area contributed by atoms with Crippen LogP contribution in [0.15, 0.2) is 0 Å². The van der Waals surface area contributed by atoms with Gasteiger partial charge in [-0.25, -0.2) is 0 Å². The van der Waals surface area contributed by atoms with Gasteiger partial charge in [-0.1, -0.05) is 13.8 Å². The van der Waals surface area contributed by atoms with Gasteiger partial charge in [0.1, 0.15) is 0 Å². The van der Waals surface area contributed by atoms with Gasteiger partial charge in [0.15, 0.2) is 0 Å². The van der Waals surface area contributed by atoms with Crippen LogP contribution in [0.3, 0.4) is 0 Å². The number of rotatable bonds is 3. The van der Waals surface area contributed by atoms with Crippen LogP contribution < -0.4 is 5.73 Å². The number of hydrogen-bond donors (Lipinski definition) is 1. The molecule has 0 bridgehead atoms. The zero-order valence-corrected chi connectivity index (χ0v) is 12.2. The smallest absolute Gasteiger partial charge is 0.282 e. The van der Waals surface area contributed by atoms with Gasteiger partial charge in [-0.2, -0.15) is 17.0 Å². The van der Waals surface area contributed by atoms with E-state index in [0.29, 0.717) is 38.0 Å². The van der Waals surface area contributed by atoms with Crippen molar-refractivity contribution >= 4 is 10.2 Å². The third-order valence-electron chi connectivity index (χ3n) is 4.32. The number of nitrogens with zero attached hydrogens (tertiary/aromatic N) is 2. The molecule has 0 saturated carbocycles. The van der Waals surface area contributed by atoms with Crippen molar-refractivity contribution in [2.45, 2.75) is 39.2 Å². The highest BCUT2D eigenvalue weighted by Crippen LogP contribution is 2.29. The molecule has 0 aromatic rings. The summed E-state index contributed by atoms with van der Waals surface area (Å²) in [6, 6.07) is -0.0211. The Kier molecular flexibility index (Phi) is 4.31. The van der Waals surface area contributed by atoms with Crippen LogP contribution in [0.25, 0.3) is 0 Å². The molecule has 6 heteroatoms. The van der Waals surface area contributed by atoms with Crippen molar-refractivity contribution in [1.82, 2.24) is 8.61 Å². The van der Waals surface area contributed by atoms with E-state index in [1.807, 2.05) is 0 Å². The normalized spacial score (nSPS) is 36.1. The van der Waals surface area contributed by atoms with E-state index in [9.17, 15) is 8.42 Å². The largest absolute Gasteiger partial charge is 0.329 e. The molecule has 2 fully saturated rings. The molecule has 0 aromatic heterocycles. The first-order valence-electron chi connectivity index (χ1n) is 6.93. The fourth-order valence-electron chi connectivity index (χ4n) is 3.11. The minimum absolute atomic E-state index is 0.0211. The van der Waals surface area contributed by atoms with E-state index in [2.05, 4.69) is 13.8 Å². The molecule has 2 N–H and O–H groups in total. The first kappa shape index (κ1) is 14.2. The molecule has 0 amide bonds. The van der Waals surface area contributed by atoms with Crippen LogP contribution in [0.5, 0.6) is 0 Å². The maximum Gasteiger partial charge on any atom is 0.282 e. The molecule has 106 valence electrons. The lowest BCUT2D eigenvalue weighted by molar-refractivity contribution is 0.249. The first-order valence-corrected chi connectivity index (χ1v) is 8.33. The van der Waals surface area contributed by atoms with Crippen LogP contribution in [-0.4, -0.2) is 49.2 Å². The summed E-state index contributed by atoms with van der Waals surface area (Å²) < 4.78 is 28.6. The molecule has 0 aliphatic carbocycles. The fourth-order valence-corrected chi connectivity index (χ4v) is 5.18. The minimum atomic E-state index is -3.30. The van der Waals surface area contributed by atoms with Gasteiger partial charge >= 0.3 is 0 Å². The molecule has 0 spiro atoms. The second kappa shape index (κ2) is 5.45. The summed E-state index contributed by atoms with van der Waals surface area (Å²) in [6.07, 6.45) is 3.02. The van der Waals surface area contributed by atoms with Gasteiger partial charge in [0.05, 0.1) is 0 Å². The van der Waals surface area contributed by atoms with Crippen molar-refractivity contribution in [2.75, 3.05) is 26.2 Å². The van der Waals surface area contributed by atoms with Crippen LogP contribution in [0.1, 0.15) is 33.1 Å². The molecule has 2 aliphatic rings. The third-order valence-corrected chi connectivity index (χ3v) is 6.35. The molecule has 3 atom stereocenters. The van der Waals surface area contributed by atoms with Gasteiger partial charge in [0, 0.05) is 32.2 Å². The lowest BCUT2D eigenvalue weighted by Gasteiger charge is -2.35. The molecule has 2 heterocycles. The average molecular weight is 275 g/mol. The van der Waals surface area contributed by atoms with Crippen molar-refractivity contribution in [3.8, 4) is 0 Å². The zero-order chi connectivity index (χ0) is 13.3. The first-order chi connectivity index (χ1) is 8.46. The number of hydrogen-bond acceptors (Lipinski definition) is 3. The maximum atomic E-state index is 12.6. The average Bonchev–Trinajstić information content (AvgIpc) is 2.71. The molecule has 5 nitrogen and oxygen atoms in total. The summed E-state index contributed by atoms with van der Waals surface area (Å²) in [5.41, 5.74) is 5.74. The van der Waals surface area contributed by atoms with E-state index in [4.69, 9.17) is 5.73 Å². The Hall–Kier alpha value is -0.170. The predicted octanol–water partition coefficient (Wildman–Crippen LogP) is 0.632. The topological polar surface area (TPSA) is 66.6 Å². The van der Waals surface area contributed by atoms with E-state index in [1.54, 1.807) is 8.61 Å². The molecule has 0 aromatic carbocycles. The fraction of sp³-hybridized carbons (Fsp3) is 1.00. The summed E-state index contributed by atoms with van der Waals surface area (Å²) in [4.78, 5) is 0. The van der Waals surface area contributed by atoms with Crippen molar-refractivity contribution < 1.29 is 8.42 Å². The number of nitrogens with two attached hydrogens (primary N) is 1. The van der Waals surface area contributed by atoms with Crippen LogP contribution in [0.4, 0.5) is 0 Å². The molecule has 2 saturated heterocycles. The lowest BCUT2D eigenvalue weighted by Crippen LogP contribution is -2.51. The quantitative estimate of drug-likeness (QED) is 0.821. The van der Waals surface area contributed by atoms with Gasteiger partial charge in [-0.15, -0.1) is 0 Å². The van der Waals surface area contributed by atoms with Gasteiger partial charge in [0.25, 0.3) is 10.2 Å². The molecular formula is C12H25N3O2S. The molecule has 18 heavy (non-hydrogen) atoms. The Morgan fingerprint density at radius 1 is 1.22 bits per heavy atom. The van der Waals surface area contributed by atoms with Crippen LogP contribution >= 0.6 is 0 Å². The van der Waals surface area contributed by atoms with Crippen LogP contribution in [0, 0.1) is 11.8 Å². The van der Waals surface area contributed by atoms with E-state index in [0.717, 1.165) is 19.3 Å². The van der Waals surface area contributed by atoms with Crippen LogP contribution in [-0.2, 0) is 10.2 Å². The highest BCUT2D eigenvalue weighted by atomic mass is 32.2. The van der Waals surface area contributed by atoms with Crippen molar-refractivity contribution in [3.05, 3.63) is 0 Å². The standard InChI is InChI=1S/C12H25N3O2S/c1-10-4-3-6-14(9-10)18(16,17)15-7-5-11(2)12(15)8-13/h10-12H,3-9,13H2,1-2H3. The maximum absolute atomic E-state index is 12.6. The Morgan fingerprint density at radius 2 is 1.94 bits per heavy atom. The highest BCUT2D eigenvalue weighted by Gasteiger charge is 2.41. The van der Waals surface area contributed by atoms with E-state index >= 15 is 0 Å². The Labute approximate surface area is 110 Å². The number of piperidine rings is 1. The van der Waals surface area contributed by atoms with Crippen molar-refractivity contribution in [3.63, 3.8) is 0 Å². The Morgan fingerprint density at radius 3 is 2.56 bits per heavy atom.